The number of ether oxygens (including phenoxy) is 1. The summed E-state index contributed by atoms with van der Waals surface area (Å²) in [6.45, 7) is 0. The normalized spacial score (nSPS) is 26.9. The van der Waals surface area contributed by atoms with Gasteiger partial charge >= 0.3 is 0 Å². The van der Waals surface area contributed by atoms with Gasteiger partial charge in [0.2, 0.25) is 0 Å². The molecule has 106 valence electrons. The second kappa shape index (κ2) is 4.29. The van der Waals surface area contributed by atoms with Gasteiger partial charge in [-0.2, -0.15) is 0 Å². The molecule has 0 unspecified atom stereocenters. The van der Waals surface area contributed by atoms with E-state index in [9.17, 15) is 4.79 Å². The number of rotatable bonds is 1. The van der Waals surface area contributed by atoms with E-state index in [1.165, 1.54) is 0 Å². The van der Waals surface area contributed by atoms with Crippen LogP contribution >= 0.6 is 23.6 Å². The zero-order chi connectivity index (χ0) is 14.6. The molecule has 1 saturated heterocycles. The number of amides is 1. The smallest absolute Gasteiger partial charge is 0.261 e. The first-order chi connectivity index (χ1) is 10.1. The molecule has 2 aliphatic rings. The molecule has 1 spiro atoms. The third-order valence-corrected chi connectivity index (χ3v) is 5.17. The maximum absolute atomic E-state index is 13.0. The Morgan fingerprint density at radius 1 is 1.33 bits per heavy atom. The number of para-hydroxylation sites is 1. The largest absolute Gasteiger partial charge is 0.458 e. The number of carbonyl (C=O) groups excluding carboxylic acids is 1. The maximum atomic E-state index is 13.0. The van der Waals surface area contributed by atoms with Gasteiger partial charge in [0, 0.05) is 23.2 Å². The first-order valence-electron chi connectivity index (χ1n) is 6.54. The molecule has 21 heavy (non-hydrogen) atoms. The molecule has 0 saturated carbocycles. The highest BCUT2D eigenvalue weighted by atomic mass is 32.1. The summed E-state index contributed by atoms with van der Waals surface area (Å²) in [5, 5.41) is 5.37. The van der Waals surface area contributed by atoms with Crippen LogP contribution in [-0.2, 0) is 15.1 Å². The predicted molar refractivity (Wildman–Crippen MR) is 85.4 cm³/mol. The van der Waals surface area contributed by atoms with Crippen molar-refractivity contribution in [2.24, 2.45) is 0 Å². The van der Waals surface area contributed by atoms with Gasteiger partial charge in [0.1, 0.15) is 0 Å². The minimum Gasteiger partial charge on any atom is -0.458 e. The highest BCUT2D eigenvalue weighted by molar-refractivity contribution is 7.80. The Hall–Kier alpha value is -1.92. The van der Waals surface area contributed by atoms with Crippen LogP contribution in [0.25, 0.3) is 0 Å². The van der Waals surface area contributed by atoms with Crippen molar-refractivity contribution >= 4 is 40.3 Å². The molecule has 0 bridgehead atoms. The van der Waals surface area contributed by atoms with Crippen molar-refractivity contribution in [1.29, 1.82) is 0 Å². The van der Waals surface area contributed by atoms with E-state index in [0.717, 1.165) is 16.1 Å². The van der Waals surface area contributed by atoms with E-state index in [1.807, 2.05) is 41.8 Å². The van der Waals surface area contributed by atoms with Gasteiger partial charge in [0.05, 0.1) is 0 Å². The van der Waals surface area contributed by atoms with Crippen LogP contribution in [0.2, 0.25) is 0 Å². The topological polar surface area (TPSA) is 41.6 Å². The zero-order valence-corrected chi connectivity index (χ0v) is 12.8. The summed E-state index contributed by atoms with van der Waals surface area (Å²) in [4.78, 5) is 15.6. The first kappa shape index (κ1) is 12.8. The van der Waals surface area contributed by atoms with Crippen molar-refractivity contribution in [2.45, 2.75) is 11.6 Å². The highest BCUT2D eigenvalue weighted by Crippen LogP contribution is 2.51. The third-order valence-electron chi connectivity index (χ3n) is 4.05. The number of benzene rings is 1. The number of likely N-dealkylation sites (N-methyl/N-ethyl adjacent to an activating group) is 1. The van der Waals surface area contributed by atoms with E-state index in [4.69, 9.17) is 17.0 Å². The van der Waals surface area contributed by atoms with Crippen LogP contribution in [0, 0.1) is 0 Å². The highest BCUT2D eigenvalue weighted by Gasteiger charge is 2.61. The number of hydrogen-bond donors (Lipinski definition) is 1. The van der Waals surface area contributed by atoms with E-state index < -0.39 is 11.6 Å². The van der Waals surface area contributed by atoms with Crippen molar-refractivity contribution in [2.75, 3.05) is 11.9 Å². The summed E-state index contributed by atoms with van der Waals surface area (Å²) in [5.74, 6) is -0.0399. The number of nitrogens with one attached hydrogen (secondary N) is 1. The van der Waals surface area contributed by atoms with Gasteiger partial charge in [-0.25, -0.2) is 0 Å². The molecule has 3 heterocycles. The van der Waals surface area contributed by atoms with E-state index in [2.05, 4.69) is 5.32 Å². The maximum Gasteiger partial charge on any atom is 0.261 e. The van der Waals surface area contributed by atoms with Crippen LogP contribution in [0.3, 0.4) is 0 Å². The Morgan fingerprint density at radius 2 is 2.14 bits per heavy atom. The molecule has 2 aliphatic heterocycles. The number of anilines is 1. The molecule has 1 amide bonds. The molecule has 2 aromatic rings. The van der Waals surface area contributed by atoms with E-state index >= 15 is 0 Å². The molecule has 1 N–H and O–H groups in total. The van der Waals surface area contributed by atoms with Crippen molar-refractivity contribution in [3.05, 3.63) is 52.2 Å². The fourth-order valence-corrected chi connectivity index (χ4v) is 4.20. The average molecular weight is 316 g/mol. The molecular weight excluding hydrogens is 304 g/mol. The number of fused-ring (bicyclic) bond motifs is 2. The third kappa shape index (κ3) is 1.54. The van der Waals surface area contributed by atoms with Crippen LogP contribution in [0.1, 0.15) is 16.5 Å². The van der Waals surface area contributed by atoms with Crippen LogP contribution < -0.4 is 10.2 Å². The Kier molecular flexibility index (Phi) is 2.61. The number of thiocarbonyl (C=S) groups is 1. The van der Waals surface area contributed by atoms with Crippen molar-refractivity contribution in [3.8, 4) is 0 Å². The minimum atomic E-state index is -0.951. The lowest BCUT2D eigenvalue weighted by molar-refractivity contribution is -0.125. The lowest BCUT2D eigenvalue weighted by Gasteiger charge is -2.26. The SMILES string of the molecule is CN1C(=O)[C@]2(NC(=S)O[C@H]2c2cccs2)c2ccccc21. The molecule has 4 nitrogen and oxygen atoms in total. The number of nitrogens with zero attached hydrogens (tertiary/aromatic N) is 1. The predicted octanol–water partition coefficient (Wildman–Crippen LogP) is 2.57. The fourth-order valence-electron chi connectivity index (χ4n) is 3.13. The Labute approximate surface area is 131 Å². The van der Waals surface area contributed by atoms with Gasteiger partial charge in [-0.15, -0.1) is 11.3 Å². The molecule has 0 radical (unpaired) electrons. The van der Waals surface area contributed by atoms with Crippen LogP contribution in [0.5, 0.6) is 0 Å². The summed E-state index contributed by atoms with van der Waals surface area (Å²) < 4.78 is 5.80. The summed E-state index contributed by atoms with van der Waals surface area (Å²) in [5.41, 5.74) is 0.855. The second-order valence-corrected chi connectivity index (χ2v) is 6.47. The monoisotopic (exact) mass is 316 g/mol. The Morgan fingerprint density at radius 3 is 2.90 bits per heavy atom. The Bertz CT molecular complexity index is 744. The summed E-state index contributed by atoms with van der Waals surface area (Å²) in [6.07, 6.45) is -0.427. The van der Waals surface area contributed by atoms with Crippen LogP contribution in [0.15, 0.2) is 41.8 Å². The van der Waals surface area contributed by atoms with Crippen molar-refractivity contribution in [1.82, 2.24) is 5.32 Å². The van der Waals surface area contributed by atoms with E-state index in [0.29, 0.717) is 0 Å². The molecule has 6 heteroatoms. The minimum absolute atomic E-state index is 0.0399. The van der Waals surface area contributed by atoms with Crippen LogP contribution in [-0.4, -0.2) is 18.1 Å². The average Bonchev–Trinajstić information content (AvgIpc) is 3.17. The van der Waals surface area contributed by atoms with Crippen molar-refractivity contribution in [3.63, 3.8) is 0 Å². The quantitative estimate of drug-likeness (QED) is 0.821. The number of carbonyl (C=O) groups is 1. The van der Waals surface area contributed by atoms with Gasteiger partial charge in [0.25, 0.3) is 11.1 Å². The summed E-state index contributed by atoms with van der Waals surface area (Å²) in [7, 11) is 1.78. The Balaban J connectivity index is 1.96. The summed E-state index contributed by atoms with van der Waals surface area (Å²) in [6, 6.07) is 11.7. The fraction of sp³-hybridized carbons (Fsp3) is 0.200. The van der Waals surface area contributed by atoms with Gasteiger partial charge in [-0.3, -0.25) is 4.79 Å². The van der Waals surface area contributed by atoms with Gasteiger partial charge in [-0.1, -0.05) is 24.3 Å². The molecular formula is C15H12N2O2S2. The molecule has 4 rings (SSSR count). The van der Waals surface area contributed by atoms with Gasteiger partial charge in [-0.05, 0) is 29.7 Å². The second-order valence-electron chi connectivity index (χ2n) is 5.12. The lowest BCUT2D eigenvalue weighted by Crippen LogP contribution is -2.49. The van der Waals surface area contributed by atoms with Gasteiger partial charge in [0.15, 0.2) is 11.6 Å². The number of hydrogen-bond acceptors (Lipinski definition) is 4. The van der Waals surface area contributed by atoms with E-state index in [1.54, 1.807) is 23.3 Å². The van der Waals surface area contributed by atoms with Gasteiger partial charge < -0.3 is 15.0 Å². The molecule has 1 aromatic carbocycles. The number of thiophene rings is 1. The standard InChI is InChI=1S/C15H12N2O2S2/c1-17-10-6-3-2-5-9(10)15(13(17)18)12(19-14(20)16-15)11-7-4-8-21-11/h2-8,12H,1H3,(H,16,20)/t12-,15-/m0/s1. The van der Waals surface area contributed by atoms with E-state index in [-0.39, 0.29) is 11.1 Å². The molecule has 2 atom stereocenters. The molecule has 1 fully saturated rings. The first-order valence-corrected chi connectivity index (χ1v) is 7.83. The zero-order valence-electron chi connectivity index (χ0n) is 11.2. The molecule has 0 aliphatic carbocycles. The summed E-state index contributed by atoms with van der Waals surface area (Å²) >= 11 is 6.77. The van der Waals surface area contributed by atoms with Crippen LogP contribution in [0.4, 0.5) is 5.69 Å². The molecule has 1 aromatic heterocycles. The van der Waals surface area contributed by atoms with Crippen molar-refractivity contribution < 1.29 is 9.53 Å². The lowest BCUT2D eigenvalue weighted by atomic mass is 9.85.